The first kappa shape index (κ1) is 26.2. The number of fused-ring (bicyclic) bond motifs is 1. The molecule has 0 unspecified atom stereocenters. The Morgan fingerprint density at radius 3 is 2.74 bits per heavy atom. The van der Waals surface area contributed by atoms with Crippen LogP contribution in [0.15, 0.2) is 41.0 Å². The number of likely N-dealkylation sites (N-methyl/N-ethyl adjacent to an activating group) is 1. The number of aliphatic carboxylic acids is 1. The highest BCUT2D eigenvalue weighted by molar-refractivity contribution is 5.66. The van der Waals surface area contributed by atoms with Crippen LogP contribution in [0.5, 0.6) is 5.75 Å². The third kappa shape index (κ3) is 6.17. The predicted molar refractivity (Wildman–Crippen MR) is 141 cm³/mol. The van der Waals surface area contributed by atoms with Gasteiger partial charge in [-0.1, -0.05) is 0 Å². The Balaban J connectivity index is 1.12. The predicted octanol–water partition coefficient (Wildman–Crippen LogP) is 2.00. The molecule has 1 aliphatic heterocycles. The van der Waals surface area contributed by atoms with Crippen molar-refractivity contribution < 1.29 is 23.4 Å². The van der Waals surface area contributed by atoms with E-state index >= 15 is 0 Å². The fourth-order valence-electron chi connectivity index (χ4n) is 4.33. The molecule has 1 saturated heterocycles. The molecule has 0 radical (unpaired) electrons. The molecule has 4 heterocycles. The van der Waals surface area contributed by atoms with E-state index in [9.17, 15) is 9.18 Å². The van der Waals surface area contributed by atoms with Crippen molar-refractivity contribution in [2.75, 3.05) is 68.5 Å². The van der Waals surface area contributed by atoms with E-state index in [0.717, 1.165) is 19.6 Å². The van der Waals surface area contributed by atoms with Crippen molar-refractivity contribution in [2.24, 2.45) is 0 Å². The molecule has 5 rings (SSSR count). The molecule has 0 atom stereocenters. The Bertz CT molecular complexity index is 1420. The van der Waals surface area contributed by atoms with E-state index in [2.05, 4.69) is 25.0 Å². The number of aromatic nitrogens is 5. The molecule has 0 saturated carbocycles. The Kier molecular flexibility index (Phi) is 7.72. The number of nitrogens with two attached hydrogens (primary N) is 1. The molecule has 14 heteroatoms. The second-order valence-electron chi connectivity index (χ2n) is 9.22. The van der Waals surface area contributed by atoms with E-state index in [0.29, 0.717) is 60.8 Å². The maximum atomic E-state index is 14.8. The summed E-state index contributed by atoms with van der Waals surface area (Å²) in [6, 6.07) is 8.30. The number of hydrogen-bond donors (Lipinski definition) is 2. The van der Waals surface area contributed by atoms with Crippen LogP contribution in [0, 0.1) is 5.82 Å². The average molecular weight is 540 g/mol. The number of carbonyl (C=O) groups is 1. The van der Waals surface area contributed by atoms with Crippen LogP contribution in [0.4, 0.5) is 22.0 Å². The molecule has 3 aromatic heterocycles. The number of hydrogen-bond acceptors (Lipinski definition) is 11. The first-order valence-corrected chi connectivity index (χ1v) is 12.6. The van der Waals surface area contributed by atoms with Gasteiger partial charge in [-0.25, -0.2) is 4.39 Å². The lowest BCUT2D eigenvalue weighted by Gasteiger charge is -2.36. The van der Waals surface area contributed by atoms with Crippen LogP contribution in [0.1, 0.15) is 12.8 Å². The number of halogens is 1. The van der Waals surface area contributed by atoms with E-state index in [4.69, 9.17) is 20.0 Å². The van der Waals surface area contributed by atoms with Gasteiger partial charge in [0.05, 0.1) is 18.6 Å². The summed E-state index contributed by atoms with van der Waals surface area (Å²) in [6.45, 7) is 4.59. The van der Waals surface area contributed by atoms with Gasteiger partial charge in [0, 0.05) is 58.8 Å². The number of carboxylic acids is 1. The highest BCUT2D eigenvalue weighted by atomic mass is 19.1. The van der Waals surface area contributed by atoms with Crippen molar-refractivity contribution in [3.8, 4) is 17.3 Å². The number of nitrogens with zero attached hydrogens (tertiary/aromatic N) is 8. The summed E-state index contributed by atoms with van der Waals surface area (Å²) in [6.07, 6.45) is 1.94. The van der Waals surface area contributed by atoms with Gasteiger partial charge in [-0.3, -0.25) is 9.69 Å². The van der Waals surface area contributed by atoms with Gasteiger partial charge in [0.2, 0.25) is 17.7 Å². The van der Waals surface area contributed by atoms with Gasteiger partial charge in [-0.05, 0) is 30.7 Å². The van der Waals surface area contributed by atoms with Gasteiger partial charge in [0.15, 0.2) is 5.76 Å². The lowest BCUT2D eigenvalue weighted by molar-refractivity contribution is -0.137. The second-order valence-corrected chi connectivity index (χ2v) is 9.22. The molecule has 1 fully saturated rings. The van der Waals surface area contributed by atoms with Crippen molar-refractivity contribution in [1.29, 1.82) is 0 Å². The summed E-state index contributed by atoms with van der Waals surface area (Å²) in [7, 11) is 1.89. The number of ether oxygens (including phenoxy) is 1. The van der Waals surface area contributed by atoms with Crippen LogP contribution in [0.3, 0.4) is 0 Å². The third-order valence-electron chi connectivity index (χ3n) is 6.49. The summed E-state index contributed by atoms with van der Waals surface area (Å²) in [5.74, 6) is 1.03. The SMILES string of the molecule is CN(CCN1CCN(c2ccc(OCCCC(=O)O)cc2F)CC1)c1nc(N)n2nc(-c3ccco3)nc2n1. The molecular formula is C25H30FN9O4. The molecule has 0 bridgehead atoms. The van der Waals surface area contributed by atoms with E-state index in [1.54, 1.807) is 30.5 Å². The molecule has 1 aromatic carbocycles. The summed E-state index contributed by atoms with van der Waals surface area (Å²) in [5.41, 5.74) is 6.64. The standard InChI is InChI=1S/C25H30FN9O4/c1-32(24-29-23(27)35-25(30-24)28-22(31-35)20-4-2-15-39-20)8-9-33-10-12-34(13-11-33)19-7-6-17(16-18(19)26)38-14-3-5-21(36)37/h2,4,6-7,15-16H,3,5,8-14H2,1H3,(H,36,37)(H2,27,28,29,30,31). The van der Waals surface area contributed by atoms with Gasteiger partial charge in [0.25, 0.3) is 5.78 Å². The molecule has 4 aromatic rings. The number of nitrogen functional groups attached to an aromatic ring is 1. The van der Waals surface area contributed by atoms with E-state index in [1.165, 1.54) is 10.6 Å². The highest BCUT2D eigenvalue weighted by Gasteiger charge is 2.21. The van der Waals surface area contributed by atoms with Gasteiger partial charge in [-0.2, -0.15) is 19.5 Å². The zero-order valence-corrected chi connectivity index (χ0v) is 21.5. The Hall–Kier alpha value is -4.46. The van der Waals surface area contributed by atoms with Crippen LogP contribution < -0.4 is 20.3 Å². The summed E-state index contributed by atoms with van der Waals surface area (Å²) >= 11 is 0. The first-order chi connectivity index (χ1) is 18.9. The van der Waals surface area contributed by atoms with Gasteiger partial charge in [0.1, 0.15) is 11.6 Å². The minimum atomic E-state index is -0.877. The van der Waals surface area contributed by atoms with Crippen LogP contribution in [0.25, 0.3) is 17.4 Å². The Morgan fingerprint density at radius 2 is 2.03 bits per heavy atom. The zero-order chi connectivity index (χ0) is 27.4. The molecular weight excluding hydrogens is 509 g/mol. The van der Waals surface area contributed by atoms with Gasteiger partial charge >= 0.3 is 5.97 Å². The van der Waals surface area contributed by atoms with Crippen molar-refractivity contribution in [1.82, 2.24) is 29.5 Å². The molecule has 0 spiro atoms. The molecule has 1 aliphatic rings. The molecule has 3 N–H and O–H groups in total. The third-order valence-corrected chi connectivity index (χ3v) is 6.49. The number of benzene rings is 1. The lowest BCUT2D eigenvalue weighted by atomic mass is 10.2. The van der Waals surface area contributed by atoms with Crippen molar-refractivity contribution in [2.45, 2.75) is 12.8 Å². The van der Waals surface area contributed by atoms with Gasteiger partial charge in [-0.15, -0.1) is 5.10 Å². The number of furan rings is 1. The number of anilines is 3. The smallest absolute Gasteiger partial charge is 0.303 e. The molecule has 0 aliphatic carbocycles. The topological polar surface area (TPSA) is 151 Å². The van der Waals surface area contributed by atoms with Crippen LogP contribution in [0.2, 0.25) is 0 Å². The quantitative estimate of drug-likeness (QED) is 0.268. The first-order valence-electron chi connectivity index (χ1n) is 12.6. The minimum Gasteiger partial charge on any atom is -0.493 e. The minimum absolute atomic E-state index is 0.0201. The average Bonchev–Trinajstić information content (AvgIpc) is 3.61. The van der Waals surface area contributed by atoms with Crippen LogP contribution in [-0.2, 0) is 4.79 Å². The second kappa shape index (κ2) is 11.5. The Labute approximate surface area is 223 Å². The Morgan fingerprint density at radius 1 is 1.21 bits per heavy atom. The maximum absolute atomic E-state index is 14.8. The normalized spacial score (nSPS) is 14.2. The van der Waals surface area contributed by atoms with Gasteiger partial charge < -0.3 is 29.8 Å². The highest BCUT2D eigenvalue weighted by Crippen LogP contribution is 2.25. The fourth-order valence-corrected chi connectivity index (χ4v) is 4.33. The van der Waals surface area contributed by atoms with Crippen LogP contribution >= 0.6 is 0 Å². The van der Waals surface area contributed by atoms with Crippen LogP contribution in [-0.4, -0.2) is 93.5 Å². The zero-order valence-electron chi connectivity index (χ0n) is 21.5. The molecule has 39 heavy (non-hydrogen) atoms. The monoisotopic (exact) mass is 539 g/mol. The fraction of sp³-hybridized carbons (Fsp3) is 0.400. The number of piperazine rings is 1. The van der Waals surface area contributed by atoms with Crippen molar-refractivity contribution in [3.63, 3.8) is 0 Å². The van der Waals surface area contributed by atoms with Crippen molar-refractivity contribution >= 4 is 29.3 Å². The molecule has 13 nitrogen and oxygen atoms in total. The number of carboxylic acid groups (broad SMARTS) is 1. The van der Waals surface area contributed by atoms with Crippen molar-refractivity contribution in [3.05, 3.63) is 42.4 Å². The molecule has 0 amide bonds. The summed E-state index contributed by atoms with van der Waals surface area (Å²) < 4.78 is 27.0. The molecule has 206 valence electrons. The van der Waals surface area contributed by atoms with E-state index < -0.39 is 5.97 Å². The van der Waals surface area contributed by atoms with E-state index in [-0.39, 0.29) is 24.8 Å². The maximum Gasteiger partial charge on any atom is 0.303 e. The lowest BCUT2D eigenvalue weighted by Crippen LogP contribution is -2.48. The van der Waals surface area contributed by atoms with E-state index in [1.807, 2.05) is 16.8 Å². The summed E-state index contributed by atoms with van der Waals surface area (Å²) in [4.78, 5) is 30.1. The largest absolute Gasteiger partial charge is 0.493 e. The summed E-state index contributed by atoms with van der Waals surface area (Å²) in [5, 5.41) is 13.0. The number of rotatable bonds is 11.